The molecule has 0 saturated heterocycles. The molecule has 0 aliphatic rings. The Labute approximate surface area is 93.7 Å². The lowest BCUT2D eigenvalue weighted by atomic mass is 10.1. The second kappa shape index (κ2) is 4.19. The maximum Gasteiger partial charge on any atom is 0.130 e. The van der Waals surface area contributed by atoms with E-state index in [4.69, 9.17) is 5.26 Å². The second-order valence-corrected chi connectivity index (χ2v) is 3.89. The molecule has 1 aromatic heterocycles. The zero-order valence-electron chi connectivity index (χ0n) is 9.08. The van der Waals surface area contributed by atoms with E-state index in [1.54, 1.807) is 13.0 Å². The number of aromatic amines is 1. The smallest absolute Gasteiger partial charge is 0.130 e. The molecule has 3 nitrogen and oxygen atoms in total. The molecule has 0 unspecified atom stereocenters. The molecule has 2 aromatic rings. The quantitative estimate of drug-likeness (QED) is 0.850. The average Bonchev–Trinajstić information content (AvgIpc) is 2.68. The first-order valence-electron chi connectivity index (χ1n) is 5.20. The number of rotatable bonds is 3. The highest BCUT2D eigenvalue weighted by Crippen LogP contribution is 2.20. The highest BCUT2D eigenvalue weighted by Gasteiger charge is 2.05. The van der Waals surface area contributed by atoms with Crippen molar-refractivity contribution in [3.63, 3.8) is 0 Å². The Morgan fingerprint density at radius 1 is 1.50 bits per heavy atom. The van der Waals surface area contributed by atoms with Crippen LogP contribution in [0.5, 0.6) is 0 Å². The molecule has 0 aliphatic heterocycles. The minimum absolute atomic E-state index is 0.186. The van der Waals surface area contributed by atoms with Gasteiger partial charge in [0.15, 0.2) is 0 Å². The standard InChI is InChI=1S/C13H12N2O/c1-9(16)2-4-11-8-15-13-5-3-10(7-14)6-12(11)13/h3,5-6,8,15H,2,4H2,1H3. The number of ketones is 1. The van der Waals surface area contributed by atoms with Crippen molar-refractivity contribution in [1.29, 1.82) is 5.26 Å². The summed E-state index contributed by atoms with van der Waals surface area (Å²) in [6.45, 7) is 1.59. The van der Waals surface area contributed by atoms with Crippen LogP contribution in [-0.2, 0) is 11.2 Å². The summed E-state index contributed by atoms with van der Waals surface area (Å²) in [5.41, 5.74) is 2.76. The van der Waals surface area contributed by atoms with E-state index in [9.17, 15) is 4.79 Å². The highest BCUT2D eigenvalue weighted by atomic mass is 16.1. The van der Waals surface area contributed by atoms with Gasteiger partial charge in [0, 0.05) is 23.5 Å². The normalized spacial score (nSPS) is 10.2. The van der Waals surface area contributed by atoms with Gasteiger partial charge >= 0.3 is 0 Å². The number of carbonyl (C=O) groups excluding carboxylic acids is 1. The lowest BCUT2D eigenvalue weighted by molar-refractivity contribution is -0.116. The number of Topliss-reactive ketones (excluding diaryl/α,β-unsaturated/α-hetero) is 1. The third kappa shape index (κ3) is 1.96. The van der Waals surface area contributed by atoms with Crippen molar-refractivity contribution in [1.82, 2.24) is 4.98 Å². The number of carbonyl (C=O) groups is 1. The molecule has 0 radical (unpaired) electrons. The number of nitriles is 1. The molecule has 80 valence electrons. The van der Waals surface area contributed by atoms with Gasteiger partial charge in [-0.1, -0.05) is 0 Å². The van der Waals surface area contributed by atoms with Crippen molar-refractivity contribution in [3.8, 4) is 6.07 Å². The van der Waals surface area contributed by atoms with Crippen LogP contribution in [-0.4, -0.2) is 10.8 Å². The molecular weight excluding hydrogens is 200 g/mol. The zero-order valence-corrected chi connectivity index (χ0v) is 9.08. The topological polar surface area (TPSA) is 56.6 Å². The first-order valence-corrected chi connectivity index (χ1v) is 5.20. The summed E-state index contributed by atoms with van der Waals surface area (Å²) in [6, 6.07) is 7.66. The fourth-order valence-electron chi connectivity index (χ4n) is 1.77. The fraction of sp³-hybridized carbons (Fsp3) is 0.231. The van der Waals surface area contributed by atoms with Gasteiger partial charge in [0.25, 0.3) is 0 Å². The SMILES string of the molecule is CC(=O)CCc1c[nH]c2ccc(C#N)cc12. The van der Waals surface area contributed by atoms with Crippen LogP contribution < -0.4 is 0 Å². The third-order valence-electron chi connectivity index (χ3n) is 2.64. The summed E-state index contributed by atoms with van der Waals surface area (Å²) in [6.07, 6.45) is 3.18. The zero-order chi connectivity index (χ0) is 11.5. The molecule has 1 aromatic carbocycles. The number of fused-ring (bicyclic) bond motifs is 1. The number of aromatic nitrogens is 1. The van der Waals surface area contributed by atoms with Crippen LogP contribution in [0.1, 0.15) is 24.5 Å². The molecule has 0 amide bonds. The average molecular weight is 212 g/mol. The summed E-state index contributed by atoms with van der Waals surface area (Å²) in [5.74, 6) is 0.186. The molecule has 0 spiro atoms. The molecule has 2 rings (SSSR count). The van der Waals surface area contributed by atoms with E-state index in [2.05, 4.69) is 11.1 Å². The van der Waals surface area contributed by atoms with Gasteiger partial charge < -0.3 is 9.78 Å². The van der Waals surface area contributed by atoms with E-state index in [-0.39, 0.29) is 5.78 Å². The Bertz CT molecular complexity index is 575. The molecule has 0 bridgehead atoms. The van der Waals surface area contributed by atoms with Crippen LogP contribution in [0.15, 0.2) is 24.4 Å². The van der Waals surface area contributed by atoms with Crippen LogP contribution in [0.2, 0.25) is 0 Å². The van der Waals surface area contributed by atoms with E-state index in [1.807, 2.05) is 18.3 Å². The van der Waals surface area contributed by atoms with Crippen molar-refractivity contribution in [2.24, 2.45) is 0 Å². The molecular formula is C13H12N2O. The Hall–Kier alpha value is -2.08. The lowest BCUT2D eigenvalue weighted by Gasteiger charge is -1.97. The molecule has 1 heterocycles. The van der Waals surface area contributed by atoms with Crippen molar-refractivity contribution in [2.45, 2.75) is 19.8 Å². The van der Waals surface area contributed by atoms with Gasteiger partial charge in [-0.25, -0.2) is 0 Å². The first kappa shape index (κ1) is 10.4. The van der Waals surface area contributed by atoms with Crippen LogP contribution in [0, 0.1) is 11.3 Å². The van der Waals surface area contributed by atoms with Crippen LogP contribution in [0.4, 0.5) is 0 Å². The molecule has 16 heavy (non-hydrogen) atoms. The van der Waals surface area contributed by atoms with E-state index in [0.717, 1.165) is 22.9 Å². The maximum atomic E-state index is 10.9. The molecule has 3 heteroatoms. The van der Waals surface area contributed by atoms with Gasteiger partial charge in [0.2, 0.25) is 0 Å². The summed E-state index contributed by atoms with van der Waals surface area (Å²) in [5, 5.41) is 9.87. The van der Waals surface area contributed by atoms with Gasteiger partial charge in [0.05, 0.1) is 11.6 Å². The van der Waals surface area contributed by atoms with Gasteiger partial charge in [-0.2, -0.15) is 5.26 Å². The van der Waals surface area contributed by atoms with E-state index < -0.39 is 0 Å². The third-order valence-corrected chi connectivity index (χ3v) is 2.64. The Balaban J connectivity index is 2.39. The van der Waals surface area contributed by atoms with Gasteiger partial charge in [-0.05, 0) is 37.1 Å². The predicted molar refractivity (Wildman–Crippen MR) is 62.0 cm³/mol. The number of hydrogen-bond acceptors (Lipinski definition) is 2. The number of benzene rings is 1. The van der Waals surface area contributed by atoms with E-state index in [1.165, 1.54) is 0 Å². The van der Waals surface area contributed by atoms with Crippen molar-refractivity contribution < 1.29 is 4.79 Å². The molecule has 0 saturated carbocycles. The number of aryl methyl sites for hydroxylation is 1. The second-order valence-electron chi connectivity index (χ2n) is 3.89. The van der Waals surface area contributed by atoms with Gasteiger partial charge in [0.1, 0.15) is 5.78 Å². The van der Waals surface area contributed by atoms with Crippen molar-refractivity contribution in [2.75, 3.05) is 0 Å². The van der Waals surface area contributed by atoms with Gasteiger partial charge in [-0.3, -0.25) is 0 Å². The van der Waals surface area contributed by atoms with Crippen molar-refractivity contribution in [3.05, 3.63) is 35.5 Å². The fourth-order valence-corrected chi connectivity index (χ4v) is 1.77. The van der Waals surface area contributed by atoms with Crippen molar-refractivity contribution >= 4 is 16.7 Å². The predicted octanol–water partition coefficient (Wildman–Crippen LogP) is 2.56. The Morgan fingerprint density at radius 2 is 2.31 bits per heavy atom. The molecule has 1 N–H and O–H groups in total. The first-order chi connectivity index (χ1) is 7.70. The molecule has 0 fully saturated rings. The van der Waals surface area contributed by atoms with E-state index in [0.29, 0.717) is 12.0 Å². The number of nitrogens with one attached hydrogen (secondary N) is 1. The van der Waals surface area contributed by atoms with Crippen LogP contribution in [0.3, 0.4) is 0 Å². The number of H-pyrrole nitrogens is 1. The Kier molecular flexibility index (Phi) is 2.74. The summed E-state index contributed by atoms with van der Waals surface area (Å²) < 4.78 is 0. The summed E-state index contributed by atoms with van der Waals surface area (Å²) in [4.78, 5) is 14.1. The Morgan fingerprint density at radius 3 is 3.00 bits per heavy atom. The summed E-state index contributed by atoms with van der Waals surface area (Å²) >= 11 is 0. The molecule has 0 aliphatic carbocycles. The van der Waals surface area contributed by atoms with E-state index >= 15 is 0 Å². The van der Waals surface area contributed by atoms with Crippen LogP contribution >= 0.6 is 0 Å². The number of nitrogens with zero attached hydrogens (tertiary/aromatic N) is 1. The maximum absolute atomic E-state index is 10.9. The van der Waals surface area contributed by atoms with Gasteiger partial charge in [-0.15, -0.1) is 0 Å². The number of hydrogen-bond donors (Lipinski definition) is 1. The highest BCUT2D eigenvalue weighted by molar-refractivity contribution is 5.85. The lowest BCUT2D eigenvalue weighted by Crippen LogP contribution is -1.92. The minimum Gasteiger partial charge on any atom is -0.361 e. The largest absolute Gasteiger partial charge is 0.361 e. The minimum atomic E-state index is 0.186. The summed E-state index contributed by atoms with van der Waals surface area (Å²) in [7, 11) is 0. The van der Waals surface area contributed by atoms with Crippen LogP contribution in [0.25, 0.3) is 10.9 Å². The monoisotopic (exact) mass is 212 g/mol. The molecule has 0 atom stereocenters.